The number of aliphatic hydroxyl groups excluding tert-OH is 1. The van der Waals surface area contributed by atoms with Gasteiger partial charge in [-0.1, -0.05) is 0 Å². The molecule has 0 aromatic carbocycles. The third-order valence-electron chi connectivity index (χ3n) is 4.00. The Hall–Kier alpha value is 0.0900. The molecule has 0 spiro atoms. The van der Waals surface area contributed by atoms with Gasteiger partial charge in [0.25, 0.3) is 0 Å². The van der Waals surface area contributed by atoms with Crippen molar-refractivity contribution >= 4 is 11.6 Å². The molecule has 1 rings (SSSR count). The van der Waals surface area contributed by atoms with Crippen LogP contribution in [0.3, 0.4) is 0 Å². The first-order chi connectivity index (χ1) is 11.0. The summed E-state index contributed by atoms with van der Waals surface area (Å²) in [6.45, 7) is 9.54. The highest BCUT2D eigenvalue weighted by molar-refractivity contribution is 6.18. The Morgan fingerprint density at radius 1 is 1.26 bits per heavy atom. The summed E-state index contributed by atoms with van der Waals surface area (Å²) in [5.74, 6) is 0.288. The van der Waals surface area contributed by atoms with E-state index in [1.165, 1.54) is 6.42 Å². The lowest BCUT2D eigenvalue weighted by Gasteiger charge is -2.26. The Bertz CT molecular complexity index is 289. The van der Waals surface area contributed by atoms with Crippen LogP contribution in [-0.4, -0.2) is 68.2 Å². The highest BCUT2D eigenvalue weighted by atomic mass is 35.5. The molecule has 0 aliphatic carbocycles. The first-order valence-corrected chi connectivity index (χ1v) is 9.46. The van der Waals surface area contributed by atoms with Crippen LogP contribution >= 0.6 is 11.6 Å². The summed E-state index contributed by atoms with van der Waals surface area (Å²) in [5.41, 5.74) is 0.186. The lowest BCUT2D eigenvalue weighted by molar-refractivity contribution is 0.124. The fourth-order valence-corrected chi connectivity index (χ4v) is 2.42. The maximum Gasteiger partial charge on any atom is 0.0934 e. The van der Waals surface area contributed by atoms with Gasteiger partial charge < -0.3 is 25.2 Å². The molecule has 0 bridgehead atoms. The molecule has 1 aliphatic heterocycles. The van der Waals surface area contributed by atoms with Crippen LogP contribution in [0.4, 0.5) is 0 Å². The van der Waals surface area contributed by atoms with E-state index in [4.69, 9.17) is 21.1 Å². The predicted molar refractivity (Wildman–Crippen MR) is 95.3 cm³/mol. The summed E-state index contributed by atoms with van der Waals surface area (Å²) in [7, 11) is 0. The van der Waals surface area contributed by atoms with Crippen molar-refractivity contribution in [2.24, 2.45) is 0 Å². The summed E-state index contributed by atoms with van der Waals surface area (Å²) < 4.78 is 10.9. The Morgan fingerprint density at radius 3 is 2.61 bits per heavy atom. The quantitative estimate of drug-likeness (QED) is 0.225. The van der Waals surface area contributed by atoms with Gasteiger partial charge in [-0.2, -0.15) is 0 Å². The van der Waals surface area contributed by atoms with Crippen LogP contribution in [0.1, 0.15) is 46.0 Å². The summed E-state index contributed by atoms with van der Waals surface area (Å²) in [6.07, 6.45) is 5.59. The molecule has 1 fully saturated rings. The number of epoxide rings is 1. The standard InChI is InChI=1S/C17H35ClN2O3/c1-17(2,20-13-16-14-23-16)7-3-5-9-22-10-6-4-8-19-12-15(21)11-18/h15-16,19-21H,3-14H2,1-2H3. The van der Waals surface area contributed by atoms with Crippen LogP contribution in [-0.2, 0) is 9.47 Å². The van der Waals surface area contributed by atoms with Gasteiger partial charge in [0.05, 0.1) is 18.8 Å². The average Bonchev–Trinajstić information content (AvgIpc) is 3.34. The van der Waals surface area contributed by atoms with E-state index in [2.05, 4.69) is 24.5 Å². The van der Waals surface area contributed by atoms with Crippen molar-refractivity contribution in [2.75, 3.05) is 45.3 Å². The van der Waals surface area contributed by atoms with Crippen molar-refractivity contribution in [1.29, 1.82) is 0 Å². The molecule has 3 N–H and O–H groups in total. The molecule has 0 saturated carbocycles. The van der Waals surface area contributed by atoms with Gasteiger partial charge >= 0.3 is 0 Å². The number of hydrogen-bond acceptors (Lipinski definition) is 5. The zero-order valence-electron chi connectivity index (χ0n) is 14.8. The Balaban J connectivity index is 1.78. The second-order valence-electron chi connectivity index (χ2n) is 7.01. The van der Waals surface area contributed by atoms with Crippen molar-refractivity contribution in [3.63, 3.8) is 0 Å². The molecule has 23 heavy (non-hydrogen) atoms. The van der Waals surface area contributed by atoms with Gasteiger partial charge in [0, 0.05) is 37.7 Å². The first-order valence-electron chi connectivity index (χ1n) is 8.92. The molecule has 2 unspecified atom stereocenters. The van der Waals surface area contributed by atoms with Gasteiger partial charge in [-0.15, -0.1) is 11.6 Å². The van der Waals surface area contributed by atoms with Crippen molar-refractivity contribution in [3.05, 3.63) is 0 Å². The summed E-state index contributed by atoms with van der Waals surface area (Å²) >= 11 is 5.52. The summed E-state index contributed by atoms with van der Waals surface area (Å²) in [6, 6.07) is 0. The number of ether oxygens (including phenoxy) is 2. The minimum atomic E-state index is -0.441. The van der Waals surface area contributed by atoms with E-state index in [-0.39, 0.29) is 11.4 Å². The van der Waals surface area contributed by atoms with Crippen molar-refractivity contribution in [3.8, 4) is 0 Å². The first kappa shape index (κ1) is 21.1. The minimum Gasteiger partial charge on any atom is -0.391 e. The molecule has 6 heteroatoms. The van der Waals surface area contributed by atoms with E-state index in [0.29, 0.717) is 12.6 Å². The number of hydrogen-bond donors (Lipinski definition) is 3. The molecule has 0 aromatic heterocycles. The topological polar surface area (TPSA) is 66.0 Å². The fraction of sp³-hybridized carbons (Fsp3) is 1.00. The third-order valence-corrected chi connectivity index (χ3v) is 4.36. The van der Waals surface area contributed by atoms with Crippen LogP contribution in [0, 0.1) is 0 Å². The molecular weight excluding hydrogens is 316 g/mol. The van der Waals surface area contributed by atoms with Crippen LogP contribution in [0.2, 0.25) is 0 Å². The molecule has 5 nitrogen and oxygen atoms in total. The highest BCUT2D eigenvalue weighted by Gasteiger charge is 2.25. The monoisotopic (exact) mass is 350 g/mol. The molecule has 0 aromatic rings. The number of nitrogens with one attached hydrogen (secondary N) is 2. The molecule has 1 aliphatic rings. The molecule has 138 valence electrons. The van der Waals surface area contributed by atoms with E-state index < -0.39 is 6.10 Å². The van der Waals surface area contributed by atoms with Gasteiger partial charge in [0.15, 0.2) is 0 Å². The molecule has 2 atom stereocenters. The van der Waals surface area contributed by atoms with Crippen LogP contribution in [0.15, 0.2) is 0 Å². The van der Waals surface area contributed by atoms with Crippen molar-refractivity contribution in [1.82, 2.24) is 10.6 Å². The van der Waals surface area contributed by atoms with Gasteiger partial charge in [-0.3, -0.25) is 0 Å². The van der Waals surface area contributed by atoms with Crippen LogP contribution in [0.25, 0.3) is 0 Å². The number of halogens is 1. The molecule has 1 saturated heterocycles. The lowest BCUT2D eigenvalue weighted by atomic mass is 9.97. The number of aliphatic hydroxyl groups is 1. The Morgan fingerprint density at radius 2 is 1.96 bits per heavy atom. The van der Waals surface area contributed by atoms with Gasteiger partial charge in [0.1, 0.15) is 0 Å². The Labute approximate surface area is 146 Å². The normalized spacial score (nSPS) is 19.0. The Kier molecular flexibility index (Phi) is 11.4. The van der Waals surface area contributed by atoms with Gasteiger partial charge in [0.2, 0.25) is 0 Å². The number of unbranched alkanes of at least 4 members (excludes halogenated alkanes) is 2. The van der Waals surface area contributed by atoms with Crippen LogP contribution in [0.5, 0.6) is 0 Å². The molecule has 0 radical (unpaired) electrons. The lowest BCUT2D eigenvalue weighted by Crippen LogP contribution is -2.41. The second kappa shape index (κ2) is 12.5. The maximum atomic E-state index is 9.27. The largest absolute Gasteiger partial charge is 0.391 e. The van der Waals surface area contributed by atoms with E-state index in [0.717, 1.165) is 58.6 Å². The molecule has 1 heterocycles. The van der Waals surface area contributed by atoms with Gasteiger partial charge in [-0.25, -0.2) is 0 Å². The average molecular weight is 351 g/mol. The van der Waals surface area contributed by atoms with E-state index in [1.54, 1.807) is 0 Å². The fourth-order valence-electron chi connectivity index (χ4n) is 2.31. The SMILES string of the molecule is CC(C)(CCCCOCCCCNCC(O)CCl)NCC1CO1. The number of alkyl halides is 1. The van der Waals surface area contributed by atoms with Gasteiger partial charge in [-0.05, 0) is 52.5 Å². The van der Waals surface area contributed by atoms with E-state index in [1.807, 2.05) is 0 Å². The van der Waals surface area contributed by atoms with Crippen molar-refractivity contribution in [2.45, 2.75) is 63.7 Å². The molecular formula is C17H35ClN2O3. The van der Waals surface area contributed by atoms with Crippen molar-refractivity contribution < 1.29 is 14.6 Å². The minimum absolute atomic E-state index is 0.186. The summed E-state index contributed by atoms with van der Waals surface area (Å²) in [4.78, 5) is 0. The zero-order valence-corrected chi connectivity index (χ0v) is 15.5. The number of rotatable bonds is 16. The zero-order chi connectivity index (χ0) is 17.0. The van der Waals surface area contributed by atoms with E-state index >= 15 is 0 Å². The predicted octanol–water partition coefficient (Wildman–Crippen LogP) is 1.91. The van der Waals surface area contributed by atoms with Crippen LogP contribution < -0.4 is 10.6 Å². The second-order valence-corrected chi connectivity index (χ2v) is 7.32. The molecule has 0 amide bonds. The third kappa shape index (κ3) is 13.1. The van der Waals surface area contributed by atoms with E-state index in [9.17, 15) is 5.11 Å². The maximum absolute atomic E-state index is 9.27. The summed E-state index contributed by atoms with van der Waals surface area (Å²) in [5, 5.41) is 16.0. The highest BCUT2D eigenvalue weighted by Crippen LogP contribution is 2.15. The smallest absolute Gasteiger partial charge is 0.0934 e.